The molecule has 3 heteroatoms. The fourth-order valence-electron chi connectivity index (χ4n) is 3.18. The second-order valence-electron chi connectivity index (χ2n) is 7.83. The minimum Gasteiger partial charge on any atom is -0.412 e. The summed E-state index contributed by atoms with van der Waals surface area (Å²) in [6.45, 7) is 15.1. The molecule has 0 spiro atoms. The van der Waals surface area contributed by atoms with Crippen molar-refractivity contribution in [2.24, 2.45) is 5.92 Å². The summed E-state index contributed by atoms with van der Waals surface area (Å²) in [5.41, 5.74) is 2.21. The van der Waals surface area contributed by atoms with Gasteiger partial charge in [0.15, 0.2) is 14.1 Å². The molecule has 0 aromatic rings. The Hall–Kier alpha value is -0.673. The number of rotatable bonds is 6. The van der Waals surface area contributed by atoms with Crippen molar-refractivity contribution in [1.82, 2.24) is 0 Å². The second-order valence-corrected chi connectivity index (χ2v) is 12.3. The van der Waals surface area contributed by atoms with Crippen molar-refractivity contribution in [2.45, 2.75) is 78.6 Å². The Morgan fingerprint density at radius 2 is 2.05 bits per heavy atom. The van der Waals surface area contributed by atoms with Crippen LogP contribution < -0.4 is 0 Å². The van der Waals surface area contributed by atoms with Crippen LogP contribution in [-0.4, -0.2) is 19.7 Å². The first-order valence-corrected chi connectivity index (χ1v) is 11.5. The molecule has 2 atom stereocenters. The summed E-state index contributed by atoms with van der Waals surface area (Å²) >= 11 is 0. The Balaban J connectivity index is 2.96. The first kappa shape index (κ1) is 18.4. The lowest BCUT2D eigenvalue weighted by Gasteiger charge is -2.42. The number of carbonyl (C=O) groups excluding carboxylic acids is 1. The van der Waals surface area contributed by atoms with Gasteiger partial charge in [0, 0.05) is 5.92 Å². The van der Waals surface area contributed by atoms with Gasteiger partial charge in [0.05, 0.1) is 5.60 Å². The molecule has 1 aliphatic rings. The van der Waals surface area contributed by atoms with Gasteiger partial charge in [-0.15, -0.1) is 0 Å². The molecule has 0 radical (unpaired) electrons. The molecule has 0 fully saturated rings. The van der Waals surface area contributed by atoms with Gasteiger partial charge in [-0.1, -0.05) is 17.2 Å². The Morgan fingerprint density at radius 1 is 1.43 bits per heavy atom. The summed E-state index contributed by atoms with van der Waals surface area (Å²) in [6, 6.07) is 0. The highest BCUT2D eigenvalue weighted by molar-refractivity contribution is 6.69. The zero-order chi connectivity index (χ0) is 16.3. The van der Waals surface area contributed by atoms with Crippen LogP contribution in [0.1, 0.15) is 53.4 Å². The van der Waals surface area contributed by atoms with Crippen molar-refractivity contribution >= 4 is 14.1 Å². The summed E-state index contributed by atoms with van der Waals surface area (Å²) in [5.74, 6) is 0.273. The molecule has 1 rings (SSSR count). The minimum atomic E-state index is -1.69. The average molecular weight is 309 g/mol. The van der Waals surface area contributed by atoms with E-state index in [2.05, 4.69) is 46.5 Å². The highest BCUT2D eigenvalue weighted by Gasteiger charge is 2.42. The van der Waals surface area contributed by atoms with Crippen molar-refractivity contribution in [3.63, 3.8) is 0 Å². The number of allylic oxidation sites excluding steroid dienone is 4. The van der Waals surface area contributed by atoms with Gasteiger partial charge < -0.3 is 4.43 Å². The molecule has 1 aliphatic carbocycles. The predicted octanol–water partition coefficient (Wildman–Crippen LogP) is 5.27. The van der Waals surface area contributed by atoms with Gasteiger partial charge in [0.1, 0.15) is 0 Å². The third-order valence-electron chi connectivity index (χ3n) is 4.03. The molecule has 0 N–H and O–H groups in total. The van der Waals surface area contributed by atoms with Gasteiger partial charge in [0.25, 0.3) is 0 Å². The first-order chi connectivity index (χ1) is 9.53. The smallest absolute Gasteiger partial charge is 0.184 e. The van der Waals surface area contributed by atoms with Gasteiger partial charge >= 0.3 is 0 Å². The van der Waals surface area contributed by atoms with Crippen LogP contribution in [0.4, 0.5) is 0 Å². The van der Waals surface area contributed by atoms with E-state index in [-0.39, 0.29) is 17.3 Å². The molecule has 0 saturated carbocycles. The Labute approximate surface area is 131 Å². The van der Waals surface area contributed by atoms with Crippen molar-refractivity contribution in [3.05, 3.63) is 23.3 Å². The molecular weight excluding hydrogens is 276 g/mol. The average Bonchev–Trinajstić information content (AvgIpc) is 2.24. The van der Waals surface area contributed by atoms with Crippen molar-refractivity contribution < 1.29 is 9.22 Å². The molecular formula is C18H32O2Si. The van der Waals surface area contributed by atoms with Gasteiger partial charge in [-0.2, -0.15) is 0 Å². The number of carbonyl (C=O) groups is 1. The summed E-state index contributed by atoms with van der Waals surface area (Å²) in [7, 11) is -1.69. The largest absolute Gasteiger partial charge is 0.412 e. The zero-order valence-electron chi connectivity index (χ0n) is 14.9. The molecule has 0 heterocycles. The standard InChI is InChI=1S/C18H32O2Si/c1-14(2)9-8-12-18(4,20-21(5,6)7)16-11-10-15(3)13-17(16)19/h9,13,16H,8,10-12H2,1-7H3/t16-,18+/m1/s1. The van der Waals surface area contributed by atoms with E-state index in [9.17, 15) is 4.79 Å². The zero-order valence-corrected chi connectivity index (χ0v) is 15.9. The van der Waals surface area contributed by atoms with Crippen LogP contribution in [0.25, 0.3) is 0 Å². The topological polar surface area (TPSA) is 26.3 Å². The van der Waals surface area contributed by atoms with Crippen molar-refractivity contribution in [3.8, 4) is 0 Å². The lowest BCUT2D eigenvalue weighted by molar-refractivity contribution is -0.126. The molecule has 0 aromatic carbocycles. The summed E-state index contributed by atoms with van der Waals surface area (Å²) in [5, 5.41) is 0. The molecule has 21 heavy (non-hydrogen) atoms. The first-order valence-electron chi connectivity index (χ1n) is 8.08. The SMILES string of the molecule is CC(C)=CCC[C@](C)(O[Si](C)(C)C)[C@@H]1CCC(C)=CC1=O. The van der Waals surface area contributed by atoms with Crippen molar-refractivity contribution in [2.75, 3.05) is 0 Å². The number of ketones is 1. The van der Waals surface area contributed by atoms with Crippen LogP contribution in [-0.2, 0) is 9.22 Å². The monoisotopic (exact) mass is 308 g/mol. The van der Waals surface area contributed by atoms with E-state index in [1.807, 2.05) is 13.0 Å². The minimum absolute atomic E-state index is 0.0125. The van der Waals surface area contributed by atoms with E-state index < -0.39 is 8.32 Å². The molecule has 0 unspecified atom stereocenters. The van der Waals surface area contributed by atoms with E-state index in [1.165, 1.54) is 11.1 Å². The Morgan fingerprint density at radius 3 is 2.52 bits per heavy atom. The van der Waals surface area contributed by atoms with Crippen LogP contribution >= 0.6 is 0 Å². The predicted molar refractivity (Wildman–Crippen MR) is 93.0 cm³/mol. The second kappa shape index (κ2) is 7.06. The van der Waals surface area contributed by atoms with Crippen LogP contribution in [0.15, 0.2) is 23.3 Å². The Kier molecular flexibility index (Phi) is 6.18. The third kappa shape index (κ3) is 5.91. The summed E-state index contributed by atoms with van der Waals surface area (Å²) in [6.07, 6.45) is 7.93. The summed E-state index contributed by atoms with van der Waals surface area (Å²) in [4.78, 5) is 12.5. The van der Waals surface area contributed by atoms with E-state index >= 15 is 0 Å². The molecule has 0 amide bonds. The number of hydrogen-bond acceptors (Lipinski definition) is 2. The molecule has 0 aliphatic heterocycles. The maximum absolute atomic E-state index is 12.5. The van der Waals surface area contributed by atoms with Crippen LogP contribution in [0.3, 0.4) is 0 Å². The maximum Gasteiger partial charge on any atom is 0.184 e. The van der Waals surface area contributed by atoms with Crippen LogP contribution in [0.5, 0.6) is 0 Å². The lowest BCUT2D eigenvalue weighted by atomic mass is 9.76. The molecule has 0 aromatic heterocycles. The highest BCUT2D eigenvalue weighted by Crippen LogP contribution is 2.37. The normalized spacial score (nSPS) is 22.5. The fourth-order valence-corrected chi connectivity index (χ4v) is 4.82. The van der Waals surface area contributed by atoms with Gasteiger partial charge in [-0.25, -0.2) is 0 Å². The van der Waals surface area contributed by atoms with E-state index in [0.29, 0.717) is 0 Å². The van der Waals surface area contributed by atoms with E-state index in [0.717, 1.165) is 25.7 Å². The van der Waals surface area contributed by atoms with E-state index in [1.54, 1.807) is 0 Å². The van der Waals surface area contributed by atoms with E-state index in [4.69, 9.17) is 4.43 Å². The molecule has 120 valence electrons. The van der Waals surface area contributed by atoms with Gasteiger partial charge in [-0.05, 0) is 79.1 Å². The fraction of sp³-hybridized carbons (Fsp3) is 0.722. The molecule has 2 nitrogen and oxygen atoms in total. The van der Waals surface area contributed by atoms with Gasteiger partial charge in [0.2, 0.25) is 0 Å². The van der Waals surface area contributed by atoms with Gasteiger partial charge in [-0.3, -0.25) is 4.79 Å². The van der Waals surface area contributed by atoms with Crippen LogP contribution in [0, 0.1) is 5.92 Å². The lowest BCUT2D eigenvalue weighted by Crippen LogP contribution is -2.49. The quantitative estimate of drug-likeness (QED) is 0.493. The van der Waals surface area contributed by atoms with Crippen molar-refractivity contribution in [1.29, 1.82) is 0 Å². The highest BCUT2D eigenvalue weighted by atomic mass is 28.4. The maximum atomic E-state index is 12.5. The Bertz CT molecular complexity index is 439. The molecule has 0 bridgehead atoms. The van der Waals surface area contributed by atoms with Crippen LogP contribution in [0.2, 0.25) is 19.6 Å². The third-order valence-corrected chi connectivity index (χ3v) is 5.11. The molecule has 0 saturated heterocycles. The number of hydrogen-bond donors (Lipinski definition) is 0. The summed E-state index contributed by atoms with van der Waals surface area (Å²) < 4.78 is 6.51.